The lowest BCUT2D eigenvalue weighted by atomic mass is 10.1. The molecule has 4 heterocycles. The van der Waals surface area contributed by atoms with Gasteiger partial charge in [-0.25, -0.2) is 9.50 Å². The van der Waals surface area contributed by atoms with Crippen LogP contribution in [-0.4, -0.2) is 43.5 Å². The molecule has 0 atom stereocenters. The molecule has 29 heavy (non-hydrogen) atoms. The van der Waals surface area contributed by atoms with Gasteiger partial charge in [0.25, 0.3) is 5.91 Å². The average Bonchev–Trinajstić information content (AvgIpc) is 3.49. The van der Waals surface area contributed by atoms with Crippen LogP contribution < -0.4 is 11.1 Å². The lowest BCUT2D eigenvalue weighted by molar-refractivity contribution is 0.102. The fourth-order valence-corrected chi connectivity index (χ4v) is 4.16. The highest BCUT2D eigenvalue weighted by Crippen LogP contribution is 2.43. The zero-order valence-corrected chi connectivity index (χ0v) is 16.6. The van der Waals surface area contributed by atoms with Gasteiger partial charge < -0.3 is 11.1 Å². The van der Waals surface area contributed by atoms with E-state index in [1.54, 1.807) is 16.9 Å². The normalized spacial score (nSPS) is 16.7. The van der Waals surface area contributed by atoms with Gasteiger partial charge in [-0.05, 0) is 43.4 Å². The van der Waals surface area contributed by atoms with Gasteiger partial charge in [0.15, 0.2) is 11.5 Å². The lowest BCUT2D eigenvalue weighted by Crippen LogP contribution is -2.32. The number of carbonyl (C=O) groups excluding carboxylic acids is 1. The van der Waals surface area contributed by atoms with Crippen LogP contribution in [0, 0.1) is 0 Å². The van der Waals surface area contributed by atoms with E-state index in [9.17, 15) is 4.79 Å². The van der Waals surface area contributed by atoms with Crippen molar-refractivity contribution in [1.29, 1.82) is 0 Å². The monoisotopic (exact) mass is 391 g/mol. The molecule has 0 aromatic carbocycles. The van der Waals surface area contributed by atoms with Crippen LogP contribution in [0.3, 0.4) is 0 Å². The fourth-order valence-electron chi connectivity index (χ4n) is 4.16. The fraction of sp³-hybridized carbons (Fsp3) is 0.429. The van der Waals surface area contributed by atoms with E-state index in [-0.39, 0.29) is 11.7 Å². The maximum atomic E-state index is 13.1. The molecule has 3 aromatic rings. The van der Waals surface area contributed by atoms with Crippen molar-refractivity contribution in [2.24, 2.45) is 0 Å². The number of amides is 1. The van der Waals surface area contributed by atoms with Crippen LogP contribution in [0.2, 0.25) is 0 Å². The number of nitrogen functional groups attached to an aromatic ring is 1. The van der Waals surface area contributed by atoms with Crippen LogP contribution in [0.5, 0.6) is 0 Å². The van der Waals surface area contributed by atoms with E-state index in [0.717, 1.165) is 67.8 Å². The summed E-state index contributed by atoms with van der Waals surface area (Å²) in [6.07, 6.45) is 9.72. The van der Waals surface area contributed by atoms with E-state index >= 15 is 0 Å². The van der Waals surface area contributed by atoms with Gasteiger partial charge in [-0.2, -0.15) is 0 Å². The smallest absolute Gasteiger partial charge is 0.263 e. The molecular weight excluding hydrogens is 366 g/mol. The molecule has 3 aromatic heterocycles. The molecule has 1 amide bonds. The second kappa shape index (κ2) is 7.11. The first-order valence-electron chi connectivity index (χ1n) is 10.3. The van der Waals surface area contributed by atoms with Crippen LogP contribution in [0.15, 0.2) is 24.7 Å². The van der Waals surface area contributed by atoms with Gasteiger partial charge in [0.1, 0.15) is 5.56 Å². The van der Waals surface area contributed by atoms with Gasteiger partial charge in [0.05, 0.1) is 17.6 Å². The Kier molecular flexibility index (Phi) is 4.43. The Morgan fingerprint density at radius 2 is 2.24 bits per heavy atom. The average molecular weight is 391 g/mol. The van der Waals surface area contributed by atoms with Crippen LogP contribution in [-0.2, 0) is 13.0 Å². The molecule has 5 rings (SSSR count). The molecule has 2 aliphatic rings. The van der Waals surface area contributed by atoms with Crippen molar-refractivity contribution in [3.8, 4) is 0 Å². The van der Waals surface area contributed by atoms with E-state index in [1.165, 1.54) is 0 Å². The molecule has 1 saturated carbocycles. The number of nitrogens with zero attached hydrogens (tertiary/aromatic N) is 5. The van der Waals surface area contributed by atoms with Crippen molar-refractivity contribution in [3.05, 3.63) is 47.0 Å². The van der Waals surface area contributed by atoms with Crippen molar-refractivity contribution < 1.29 is 4.79 Å². The summed E-state index contributed by atoms with van der Waals surface area (Å²) in [6, 6.07) is 1.98. The molecule has 1 aliphatic heterocycles. The Balaban J connectivity index is 1.47. The van der Waals surface area contributed by atoms with Gasteiger partial charge in [-0.15, -0.1) is 5.10 Å². The number of rotatable bonds is 5. The van der Waals surface area contributed by atoms with Crippen LogP contribution >= 0.6 is 0 Å². The lowest BCUT2D eigenvalue weighted by Gasteiger charge is -2.27. The SMILES string of the molecule is CCCN1CCc2nc3c(C(=O)Nc4cnccc4C4CC4)c(N)nn3cc2C1. The molecule has 8 heteroatoms. The third-order valence-corrected chi connectivity index (χ3v) is 5.75. The second-order valence-electron chi connectivity index (χ2n) is 7.96. The Bertz CT molecular complexity index is 1090. The number of fused-ring (bicyclic) bond motifs is 2. The standard InChI is InChI=1S/C21H25N7O/c1-2-8-27-9-6-16-14(11-27)12-28-20(24-16)18(19(22)26-28)21(29)25-17-10-23-7-5-15(17)13-3-4-13/h5,7,10,12-13H,2-4,6,8-9,11H2,1H3,(H2,22,26)(H,25,29). The number of nitrogens with one attached hydrogen (secondary N) is 1. The molecule has 1 fully saturated rings. The van der Waals surface area contributed by atoms with Crippen molar-refractivity contribution >= 4 is 23.1 Å². The zero-order chi connectivity index (χ0) is 20.0. The molecule has 0 saturated heterocycles. The van der Waals surface area contributed by atoms with Crippen molar-refractivity contribution in [2.75, 3.05) is 24.1 Å². The van der Waals surface area contributed by atoms with Crippen molar-refractivity contribution in [3.63, 3.8) is 0 Å². The largest absolute Gasteiger partial charge is 0.381 e. The summed E-state index contributed by atoms with van der Waals surface area (Å²) < 4.78 is 1.64. The maximum Gasteiger partial charge on any atom is 0.263 e. The molecule has 0 spiro atoms. The summed E-state index contributed by atoms with van der Waals surface area (Å²) in [7, 11) is 0. The Morgan fingerprint density at radius 3 is 3.03 bits per heavy atom. The van der Waals surface area contributed by atoms with E-state index in [2.05, 4.69) is 27.2 Å². The van der Waals surface area contributed by atoms with Crippen molar-refractivity contribution in [1.82, 2.24) is 24.5 Å². The minimum atomic E-state index is -0.289. The summed E-state index contributed by atoms with van der Waals surface area (Å²) >= 11 is 0. The molecular formula is C21H25N7O. The summed E-state index contributed by atoms with van der Waals surface area (Å²) in [5.41, 5.74) is 11.0. The van der Waals surface area contributed by atoms with Crippen LogP contribution in [0.25, 0.3) is 5.65 Å². The van der Waals surface area contributed by atoms with E-state index in [1.807, 2.05) is 12.3 Å². The van der Waals surface area contributed by atoms with Gasteiger partial charge in [-0.3, -0.25) is 14.7 Å². The molecule has 0 radical (unpaired) electrons. The highest BCUT2D eigenvalue weighted by molar-refractivity contribution is 6.11. The first-order valence-corrected chi connectivity index (χ1v) is 10.3. The number of aromatic nitrogens is 4. The zero-order valence-electron chi connectivity index (χ0n) is 16.6. The van der Waals surface area contributed by atoms with E-state index in [4.69, 9.17) is 10.7 Å². The molecule has 3 N–H and O–H groups in total. The van der Waals surface area contributed by atoms with Crippen LogP contribution in [0.1, 0.15) is 59.3 Å². The third-order valence-electron chi connectivity index (χ3n) is 5.75. The summed E-state index contributed by atoms with van der Waals surface area (Å²) in [4.78, 5) is 24.5. The third kappa shape index (κ3) is 3.33. The van der Waals surface area contributed by atoms with Crippen LogP contribution in [0.4, 0.5) is 11.5 Å². The number of anilines is 2. The number of carbonyl (C=O) groups is 1. The molecule has 0 unspecified atom stereocenters. The predicted molar refractivity (Wildman–Crippen MR) is 111 cm³/mol. The molecule has 1 aliphatic carbocycles. The topological polar surface area (TPSA) is 101 Å². The summed E-state index contributed by atoms with van der Waals surface area (Å²) in [6.45, 7) is 5.09. The number of pyridine rings is 1. The quantitative estimate of drug-likeness (QED) is 0.693. The Labute approximate surface area is 169 Å². The van der Waals surface area contributed by atoms with Gasteiger partial charge in [0.2, 0.25) is 0 Å². The first-order chi connectivity index (χ1) is 14.1. The van der Waals surface area contributed by atoms with Gasteiger partial charge >= 0.3 is 0 Å². The van der Waals surface area contributed by atoms with Gasteiger partial charge in [0, 0.05) is 37.5 Å². The Morgan fingerprint density at radius 1 is 1.38 bits per heavy atom. The number of hydrogen-bond donors (Lipinski definition) is 2. The Hall–Kier alpha value is -3.00. The predicted octanol–water partition coefficient (Wildman–Crippen LogP) is 2.60. The molecule has 0 bridgehead atoms. The summed E-state index contributed by atoms with van der Waals surface area (Å²) in [5, 5.41) is 7.35. The first kappa shape index (κ1) is 18.1. The van der Waals surface area contributed by atoms with E-state index < -0.39 is 0 Å². The highest BCUT2D eigenvalue weighted by atomic mass is 16.1. The molecule has 150 valence electrons. The molecule has 8 nitrogen and oxygen atoms in total. The minimum absolute atomic E-state index is 0.194. The highest BCUT2D eigenvalue weighted by Gasteiger charge is 2.28. The number of hydrogen-bond acceptors (Lipinski definition) is 6. The van der Waals surface area contributed by atoms with Crippen molar-refractivity contribution in [2.45, 2.75) is 45.1 Å². The maximum absolute atomic E-state index is 13.1. The van der Waals surface area contributed by atoms with Gasteiger partial charge in [-0.1, -0.05) is 6.92 Å². The summed E-state index contributed by atoms with van der Waals surface area (Å²) in [5.74, 6) is 0.411. The number of nitrogens with two attached hydrogens (primary N) is 1. The minimum Gasteiger partial charge on any atom is -0.381 e. The van der Waals surface area contributed by atoms with E-state index in [0.29, 0.717) is 17.1 Å². The second-order valence-corrected chi connectivity index (χ2v) is 7.96.